The number of amides is 2. The van der Waals surface area contributed by atoms with E-state index in [-0.39, 0.29) is 18.7 Å². The van der Waals surface area contributed by atoms with Crippen LogP contribution in [0.5, 0.6) is 0 Å². The van der Waals surface area contributed by atoms with Gasteiger partial charge in [0.05, 0.1) is 19.3 Å². The lowest BCUT2D eigenvalue weighted by Crippen LogP contribution is -2.46. The van der Waals surface area contributed by atoms with Crippen LogP contribution in [0, 0.1) is 11.8 Å². The van der Waals surface area contributed by atoms with Gasteiger partial charge in [0.2, 0.25) is 23.4 Å². The van der Waals surface area contributed by atoms with Gasteiger partial charge in [0.25, 0.3) is 0 Å². The van der Waals surface area contributed by atoms with Crippen molar-refractivity contribution in [1.82, 2.24) is 20.4 Å². The average Bonchev–Trinajstić information content (AvgIpc) is 3.34. The molecule has 3 rings (SSSR count). The standard InChI is InChI=1S/C22H31F3N4O5/c1-2-16(18(31)19-27-21(34-28-19)22(23,24)25)26-20(32)15(12-14-6-4-3-5-7-14)13-17(30)29-8-10-33-11-9-29/h14-16H,2-13H2,1H3,(H,26,32)/t15-,16+/m1/s1. The van der Waals surface area contributed by atoms with Gasteiger partial charge >= 0.3 is 12.1 Å². The van der Waals surface area contributed by atoms with E-state index < -0.39 is 41.5 Å². The molecule has 1 aromatic rings. The molecule has 2 heterocycles. The molecule has 2 amide bonds. The Kier molecular flexibility index (Phi) is 9.03. The summed E-state index contributed by atoms with van der Waals surface area (Å²) in [6, 6.07) is -1.13. The van der Waals surface area contributed by atoms with E-state index in [0.29, 0.717) is 38.6 Å². The molecule has 1 saturated heterocycles. The summed E-state index contributed by atoms with van der Waals surface area (Å²) in [5.41, 5.74) is 0. The number of nitrogens with one attached hydrogen (secondary N) is 1. The minimum atomic E-state index is -4.87. The monoisotopic (exact) mass is 488 g/mol. The molecule has 2 aliphatic rings. The van der Waals surface area contributed by atoms with Crippen LogP contribution >= 0.6 is 0 Å². The maximum absolute atomic E-state index is 13.2. The summed E-state index contributed by atoms with van der Waals surface area (Å²) in [4.78, 5) is 43.5. The number of halogens is 3. The topological polar surface area (TPSA) is 115 Å². The number of rotatable bonds is 9. The second-order valence-electron chi connectivity index (χ2n) is 8.89. The van der Waals surface area contributed by atoms with E-state index in [1.807, 2.05) is 0 Å². The predicted molar refractivity (Wildman–Crippen MR) is 113 cm³/mol. The Hall–Kier alpha value is -2.50. The lowest BCUT2D eigenvalue weighted by molar-refractivity contribution is -0.159. The zero-order chi connectivity index (χ0) is 24.7. The Morgan fingerprint density at radius 2 is 1.82 bits per heavy atom. The molecule has 9 nitrogen and oxygen atoms in total. The summed E-state index contributed by atoms with van der Waals surface area (Å²) in [5.74, 6) is -4.18. The minimum absolute atomic E-state index is 0.00733. The lowest BCUT2D eigenvalue weighted by atomic mass is 9.81. The molecule has 1 N–H and O–H groups in total. The molecule has 0 aromatic carbocycles. The van der Waals surface area contributed by atoms with Gasteiger partial charge in [-0.3, -0.25) is 14.4 Å². The third kappa shape index (κ3) is 7.00. The number of ketones is 1. The first kappa shape index (κ1) is 26.1. The second kappa shape index (κ2) is 11.8. The van der Waals surface area contributed by atoms with Crippen molar-refractivity contribution in [2.45, 2.75) is 70.5 Å². The summed E-state index contributed by atoms with van der Waals surface area (Å²) in [6.45, 7) is 3.44. The van der Waals surface area contributed by atoms with E-state index in [2.05, 4.69) is 20.0 Å². The number of morpholine rings is 1. The molecule has 1 saturated carbocycles. The van der Waals surface area contributed by atoms with Gasteiger partial charge in [0.1, 0.15) is 0 Å². The van der Waals surface area contributed by atoms with Crippen LogP contribution in [0.1, 0.15) is 74.8 Å². The van der Waals surface area contributed by atoms with Crippen molar-refractivity contribution in [2.75, 3.05) is 26.3 Å². The van der Waals surface area contributed by atoms with Crippen LogP contribution in [0.2, 0.25) is 0 Å². The highest BCUT2D eigenvalue weighted by Crippen LogP contribution is 2.31. The minimum Gasteiger partial charge on any atom is -0.378 e. The van der Waals surface area contributed by atoms with Crippen LogP contribution in [-0.2, 0) is 20.5 Å². The highest BCUT2D eigenvalue weighted by molar-refractivity contribution is 5.99. The Morgan fingerprint density at radius 1 is 1.15 bits per heavy atom. The van der Waals surface area contributed by atoms with Gasteiger partial charge in [0.15, 0.2) is 0 Å². The van der Waals surface area contributed by atoms with Crippen molar-refractivity contribution in [1.29, 1.82) is 0 Å². The van der Waals surface area contributed by atoms with Crippen molar-refractivity contribution in [3.05, 3.63) is 11.7 Å². The number of Topliss-reactive ketones (excluding diaryl/α,β-unsaturated/α-hetero) is 1. The molecule has 34 heavy (non-hydrogen) atoms. The lowest BCUT2D eigenvalue weighted by Gasteiger charge is -2.30. The number of carbonyl (C=O) groups is 3. The zero-order valence-corrected chi connectivity index (χ0v) is 19.2. The maximum Gasteiger partial charge on any atom is 0.471 e. The molecule has 2 fully saturated rings. The van der Waals surface area contributed by atoms with Crippen LogP contribution in [0.4, 0.5) is 13.2 Å². The third-order valence-electron chi connectivity index (χ3n) is 6.43. The number of carbonyl (C=O) groups excluding carboxylic acids is 3. The van der Waals surface area contributed by atoms with E-state index in [0.717, 1.165) is 32.1 Å². The second-order valence-corrected chi connectivity index (χ2v) is 8.89. The van der Waals surface area contributed by atoms with Gasteiger partial charge in [-0.15, -0.1) is 0 Å². The highest BCUT2D eigenvalue weighted by Gasteiger charge is 2.40. The third-order valence-corrected chi connectivity index (χ3v) is 6.43. The Labute approximate surface area is 195 Å². The summed E-state index contributed by atoms with van der Waals surface area (Å²) in [5, 5.41) is 5.75. The zero-order valence-electron chi connectivity index (χ0n) is 19.2. The Balaban J connectivity index is 1.69. The largest absolute Gasteiger partial charge is 0.471 e. The molecule has 0 unspecified atom stereocenters. The maximum atomic E-state index is 13.2. The number of nitrogens with zero attached hydrogens (tertiary/aromatic N) is 3. The molecular weight excluding hydrogens is 457 g/mol. The van der Waals surface area contributed by atoms with Crippen molar-refractivity contribution >= 4 is 17.6 Å². The smallest absolute Gasteiger partial charge is 0.378 e. The van der Waals surface area contributed by atoms with Crippen LogP contribution in [0.3, 0.4) is 0 Å². The first-order valence-electron chi connectivity index (χ1n) is 11.8. The van der Waals surface area contributed by atoms with E-state index in [4.69, 9.17) is 4.74 Å². The Morgan fingerprint density at radius 3 is 2.41 bits per heavy atom. The van der Waals surface area contributed by atoms with Crippen LogP contribution in [-0.4, -0.2) is 65.0 Å². The quantitative estimate of drug-likeness (QED) is 0.532. The highest BCUT2D eigenvalue weighted by atomic mass is 19.4. The fourth-order valence-electron chi connectivity index (χ4n) is 4.50. The fraction of sp³-hybridized carbons (Fsp3) is 0.773. The molecule has 0 bridgehead atoms. The van der Waals surface area contributed by atoms with Crippen LogP contribution < -0.4 is 5.32 Å². The molecular formula is C22H31F3N4O5. The van der Waals surface area contributed by atoms with Gasteiger partial charge in [-0.25, -0.2) is 0 Å². The summed E-state index contributed by atoms with van der Waals surface area (Å²) < 4.78 is 47.6. The van der Waals surface area contributed by atoms with Crippen LogP contribution in [0.25, 0.3) is 0 Å². The van der Waals surface area contributed by atoms with Crippen molar-refractivity contribution in [3.8, 4) is 0 Å². The van der Waals surface area contributed by atoms with Gasteiger partial charge in [-0.1, -0.05) is 44.2 Å². The number of hydrogen-bond donors (Lipinski definition) is 1. The number of alkyl halides is 3. The molecule has 0 radical (unpaired) electrons. The van der Waals surface area contributed by atoms with E-state index in [1.165, 1.54) is 0 Å². The molecule has 0 spiro atoms. The molecule has 1 aliphatic carbocycles. The van der Waals surface area contributed by atoms with Gasteiger partial charge in [-0.2, -0.15) is 18.2 Å². The number of ether oxygens (including phenoxy) is 1. The molecule has 190 valence electrons. The summed E-state index contributed by atoms with van der Waals surface area (Å²) >= 11 is 0. The van der Waals surface area contributed by atoms with Gasteiger partial charge in [0, 0.05) is 25.4 Å². The van der Waals surface area contributed by atoms with Crippen molar-refractivity contribution < 1.29 is 36.8 Å². The number of aromatic nitrogens is 2. The van der Waals surface area contributed by atoms with Gasteiger partial charge in [-0.05, 0) is 18.8 Å². The Bertz CT molecular complexity index is 848. The average molecular weight is 489 g/mol. The van der Waals surface area contributed by atoms with Crippen LogP contribution in [0.15, 0.2) is 4.52 Å². The van der Waals surface area contributed by atoms with Gasteiger partial charge < -0.3 is 19.5 Å². The van der Waals surface area contributed by atoms with Crippen molar-refractivity contribution in [2.24, 2.45) is 11.8 Å². The molecule has 1 aromatic heterocycles. The van der Waals surface area contributed by atoms with E-state index >= 15 is 0 Å². The predicted octanol–water partition coefficient (Wildman–Crippen LogP) is 3.00. The molecule has 12 heteroatoms. The van der Waals surface area contributed by atoms with E-state index in [1.54, 1.807) is 11.8 Å². The normalized spacial score (nSPS) is 19.5. The van der Waals surface area contributed by atoms with E-state index in [9.17, 15) is 27.6 Å². The molecule has 2 atom stereocenters. The summed E-state index contributed by atoms with van der Waals surface area (Å²) in [7, 11) is 0. The summed E-state index contributed by atoms with van der Waals surface area (Å²) in [6.07, 6.45) is 1.04. The molecule has 1 aliphatic heterocycles. The van der Waals surface area contributed by atoms with Crippen molar-refractivity contribution in [3.63, 3.8) is 0 Å². The SMILES string of the molecule is CC[C@H](NC(=O)[C@@H](CC(=O)N1CCOCC1)CC1CCCCC1)C(=O)c1noc(C(F)(F)F)n1. The number of hydrogen-bond acceptors (Lipinski definition) is 7. The first-order valence-corrected chi connectivity index (χ1v) is 11.8. The first-order chi connectivity index (χ1) is 16.2. The fourth-order valence-corrected chi connectivity index (χ4v) is 4.50.